The Labute approximate surface area is 44.3 Å². The van der Waals surface area contributed by atoms with E-state index in [1.165, 1.54) is 11.1 Å². The molecule has 0 atom stereocenters. The summed E-state index contributed by atoms with van der Waals surface area (Å²) in [6, 6.07) is 0. The van der Waals surface area contributed by atoms with E-state index >= 15 is 0 Å². The predicted molar refractivity (Wildman–Crippen MR) is 18.5 cm³/mol. The Bertz CT molecular complexity index is 14.4. The maximum atomic E-state index is 5.14. The van der Waals surface area contributed by atoms with Crippen LogP contribution < -0.4 is 5.73 Å². The second kappa shape index (κ2) is 4.67. The monoisotopic (exact) mass is 106 g/mol. The van der Waals surface area contributed by atoms with Gasteiger partial charge in [0.2, 0.25) is 0 Å². The molecule has 0 rings (SSSR count). The Balaban J connectivity index is 2.19. The molecule has 5 heavy (non-hydrogen) atoms. The molecule has 0 radical (unpaired) electrons. The third-order valence-electron chi connectivity index (χ3n) is 0.381. The average molecular weight is 106 g/mol. The van der Waals surface area contributed by atoms with Crippen LogP contribution in [0.4, 0.5) is 0 Å². The van der Waals surface area contributed by atoms with Crippen LogP contribution in [0.2, 0.25) is 4.73 Å². The summed E-state index contributed by atoms with van der Waals surface area (Å²) < 4.78 is 1.22. The van der Waals surface area contributed by atoms with Gasteiger partial charge in [0.25, 0.3) is 0 Å². The molecule has 0 saturated heterocycles. The Morgan fingerprint density at radius 3 is 2.20 bits per heavy atom. The van der Waals surface area contributed by atoms with Gasteiger partial charge in [0.1, 0.15) is 0 Å². The molecule has 0 saturated carbocycles. The predicted octanol–water partition coefficient (Wildman–Crippen LogP) is 0.300. The first-order valence-corrected chi connectivity index (χ1v) is 2.87. The van der Waals surface area contributed by atoms with Crippen molar-refractivity contribution < 1.29 is 20.4 Å². The van der Waals surface area contributed by atoms with E-state index in [1.807, 2.05) is 0 Å². The molecule has 1 nitrogen and oxygen atoms in total. The van der Waals surface area contributed by atoms with Gasteiger partial charge in [-0.1, -0.05) is 0 Å². The van der Waals surface area contributed by atoms with Gasteiger partial charge in [-0.2, -0.15) is 0 Å². The van der Waals surface area contributed by atoms with Crippen molar-refractivity contribution in [2.24, 2.45) is 5.73 Å². The van der Waals surface area contributed by atoms with E-state index in [0.717, 1.165) is 6.54 Å². The number of hydrogen-bond acceptors (Lipinski definition) is 1. The van der Waals surface area contributed by atoms with Gasteiger partial charge in [-0.15, -0.1) is 0 Å². The van der Waals surface area contributed by atoms with Crippen molar-refractivity contribution in [3.63, 3.8) is 0 Å². The molecule has 0 fully saturated rings. The fourth-order valence-electron chi connectivity index (χ4n) is 0.102. The van der Waals surface area contributed by atoms with Crippen LogP contribution in [0.5, 0.6) is 0 Å². The van der Waals surface area contributed by atoms with Crippen LogP contribution in [0, 0.1) is 0 Å². The molecule has 0 aliphatic rings. The maximum absolute atomic E-state index is 5.14. The van der Waals surface area contributed by atoms with Gasteiger partial charge in [-0.3, -0.25) is 0 Å². The minimum absolute atomic E-state index is 0.844. The number of nitrogens with two attached hydrogens (primary N) is 1. The fraction of sp³-hybridized carbons (Fsp3) is 1.00. The topological polar surface area (TPSA) is 26.0 Å². The zero-order valence-corrected chi connectivity index (χ0v) is 4.76. The Hall–Kier alpha value is 0.674. The van der Waals surface area contributed by atoms with Gasteiger partial charge in [-0.05, 0) is 0 Å². The zero-order chi connectivity index (χ0) is 4.12. The Kier molecular flexibility index (Phi) is 5.30. The summed E-state index contributed by atoms with van der Waals surface area (Å²) in [4.78, 5) is 0. The molecule has 0 heterocycles. The van der Waals surface area contributed by atoms with Crippen molar-refractivity contribution in [1.29, 1.82) is 0 Å². The molecular weight excluding hydrogens is 97.9 g/mol. The first-order valence-electron chi connectivity index (χ1n) is 1.76. The summed E-state index contributed by atoms with van der Waals surface area (Å²) >= 11 is 2.13. The molecule has 0 aliphatic heterocycles. The summed E-state index contributed by atoms with van der Waals surface area (Å²) in [5.74, 6) is 0. The van der Waals surface area contributed by atoms with Crippen LogP contribution >= 0.6 is 0 Å². The van der Waals surface area contributed by atoms with E-state index in [0.29, 0.717) is 0 Å². The minimum atomic E-state index is 0.844. The third kappa shape index (κ3) is 4.67. The number of rotatable bonds is 2. The summed E-state index contributed by atoms with van der Waals surface area (Å²) in [5, 5.41) is 0. The average Bonchev–Trinajstić information content (AvgIpc) is 1.41. The molecule has 29 valence electrons. The molecule has 0 aromatic heterocycles. The molecule has 0 unspecified atom stereocenters. The standard InChI is InChI=1S/C3H8N.Ti/c1-2-3-4;/h1-4H2;. The molecule has 2 heteroatoms. The van der Waals surface area contributed by atoms with Crippen molar-refractivity contribution in [3.05, 3.63) is 0 Å². The van der Waals surface area contributed by atoms with Crippen LogP contribution in [0.15, 0.2) is 0 Å². The van der Waals surface area contributed by atoms with Crippen molar-refractivity contribution in [2.75, 3.05) is 6.54 Å². The normalized spacial score (nSPS) is 8.00. The van der Waals surface area contributed by atoms with Gasteiger partial charge in [0.15, 0.2) is 0 Å². The summed E-state index contributed by atoms with van der Waals surface area (Å²) in [6.07, 6.45) is 1.17. The zero-order valence-electron chi connectivity index (χ0n) is 3.20. The van der Waals surface area contributed by atoms with E-state index in [1.54, 1.807) is 0 Å². The second-order valence-electron chi connectivity index (χ2n) is 0.892. The molecule has 0 spiro atoms. The van der Waals surface area contributed by atoms with Crippen LogP contribution in [0.3, 0.4) is 0 Å². The van der Waals surface area contributed by atoms with Gasteiger partial charge in [0, 0.05) is 0 Å². The quantitative estimate of drug-likeness (QED) is 0.503. The van der Waals surface area contributed by atoms with Crippen LogP contribution in [0.25, 0.3) is 0 Å². The Morgan fingerprint density at radius 2 is 2.20 bits per heavy atom. The fourth-order valence-corrected chi connectivity index (χ4v) is 0.421. The molecule has 0 amide bonds. The molecule has 0 aromatic carbocycles. The third-order valence-corrected chi connectivity index (χ3v) is 0.933. The van der Waals surface area contributed by atoms with E-state index in [2.05, 4.69) is 20.4 Å². The van der Waals surface area contributed by atoms with Gasteiger partial charge < -0.3 is 0 Å². The summed E-state index contributed by atoms with van der Waals surface area (Å²) in [7, 11) is 0. The first kappa shape index (κ1) is 5.67. The van der Waals surface area contributed by atoms with Crippen LogP contribution in [0.1, 0.15) is 6.42 Å². The molecule has 2 N–H and O–H groups in total. The van der Waals surface area contributed by atoms with Crippen LogP contribution in [-0.2, 0) is 20.4 Å². The van der Waals surface area contributed by atoms with Crippen molar-refractivity contribution >= 4 is 0 Å². The molecule has 0 aliphatic carbocycles. The van der Waals surface area contributed by atoms with Crippen molar-refractivity contribution in [3.8, 4) is 0 Å². The van der Waals surface area contributed by atoms with Crippen molar-refractivity contribution in [1.82, 2.24) is 0 Å². The van der Waals surface area contributed by atoms with E-state index < -0.39 is 0 Å². The van der Waals surface area contributed by atoms with E-state index in [-0.39, 0.29) is 0 Å². The SMILES string of the molecule is NCC[CH2][Ti]. The van der Waals surface area contributed by atoms with Gasteiger partial charge in [-0.25, -0.2) is 0 Å². The molecule has 0 aromatic rings. The summed E-state index contributed by atoms with van der Waals surface area (Å²) in [6.45, 7) is 0.844. The second-order valence-corrected chi connectivity index (χ2v) is 1.67. The molecular formula is C3H8NTi. The van der Waals surface area contributed by atoms with Gasteiger partial charge in [0.05, 0.1) is 0 Å². The number of hydrogen-bond donors (Lipinski definition) is 1. The van der Waals surface area contributed by atoms with Crippen LogP contribution in [-0.4, -0.2) is 6.54 Å². The summed E-state index contributed by atoms with van der Waals surface area (Å²) in [5.41, 5.74) is 5.14. The first-order chi connectivity index (χ1) is 2.41. The van der Waals surface area contributed by atoms with E-state index in [9.17, 15) is 0 Å². The molecule has 0 bridgehead atoms. The van der Waals surface area contributed by atoms with Crippen molar-refractivity contribution in [2.45, 2.75) is 11.1 Å². The Morgan fingerprint density at radius 1 is 1.60 bits per heavy atom. The van der Waals surface area contributed by atoms with E-state index in [4.69, 9.17) is 5.73 Å². The van der Waals surface area contributed by atoms with Gasteiger partial charge >= 0.3 is 43.9 Å².